The minimum Gasteiger partial charge on any atom is -0.465 e. The van der Waals surface area contributed by atoms with Gasteiger partial charge in [-0.05, 0) is 18.4 Å². The zero-order valence-electron chi connectivity index (χ0n) is 14.7. The van der Waals surface area contributed by atoms with Crippen LogP contribution in [0.3, 0.4) is 0 Å². The average Bonchev–Trinajstić information content (AvgIpc) is 2.62. The molecule has 0 aromatic heterocycles. The Kier molecular flexibility index (Phi) is 8.26. The van der Waals surface area contributed by atoms with Gasteiger partial charge in [0.15, 0.2) is 0 Å². The monoisotopic (exact) mass is 346 g/mol. The Labute approximate surface area is 148 Å². The van der Waals surface area contributed by atoms with Crippen molar-refractivity contribution in [3.8, 4) is 0 Å². The van der Waals surface area contributed by atoms with Crippen LogP contribution in [0.25, 0.3) is 0 Å². The summed E-state index contributed by atoms with van der Waals surface area (Å²) < 4.78 is 5.21. The fourth-order valence-corrected chi connectivity index (χ4v) is 2.18. The van der Waals surface area contributed by atoms with Crippen molar-refractivity contribution in [2.45, 2.75) is 32.5 Å². The number of alkyl carbamates (subject to hydrolysis) is 1. The lowest BCUT2D eigenvalue weighted by atomic mass is 10.0. The summed E-state index contributed by atoms with van der Waals surface area (Å²) in [5, 5.41) is 12.1. The second kappa shape index (κ2) is 10.2. The molecule has 0 saturated heterocycles. The van der Waals surface area contributed by atoms with Crippen molar-refractivity contribution in [2.24, 2.45) is 5.92 Å². The summed E-state index contributed by atoms with van der Waals surface area (Å²) in [5.74, 6) is -0.136. The summed E-state index contributed by atoms with van der Waals surface area (Å²) in [5.41, 5.74) is 0.874. The summed E-state index contributed by atoms with van der Waals surface area (Å²) in [6, 6.07) is 8.48. The first-order valence-corrected chi connectivity index (χ1v) is 8.11. The number of nitrogens with zero attached hydrogens (tertiary/aromatic N) is 1. The van der Waals surface area contributed by atoms with Gasteiger partial charge in [0.05, 0.1) is 12.1 Å². The molecule has 0 saturated carbocycles. The van der Waals surface area contributed by atoms with Gasteiger partial charge in [0.1, 0.15) is 6.61 Å². The van der Waals surface area contributed by atoms with Crippen LogP contribution in [0.2, 0.25) is 0 Å². The summed E-state index contributed by atoms with van der Waals surface area (Å²) >= 11 is 0. The van der Waals surface area contributed by atoms with E-state index in [-0.39, 0.29) is 25.1 Å². The van der Waals surface area contributed by atoms with Crippen molar-refractivity contribution >= 4 is 12.2 Å². The summed E-state index contributed by atoms with van der Waals surface area (Å²) in [4.78, 5) is 24.8. The minimum absolute atomic E-state index is 0.107. The van der Waals surface area contributed by atoms with E-state index in [9.17, 15) is 14.7 Å². The highest BCUT2D eigenvalue weighted by Crippen LogP contribution is 2.11. The Balaban J connectivity index is 2.71. The van der Waals surface area contributed by atoms with E-state index in [4.69, 9.17) is 4.74 Å². The van der Waals surface area contributed by atoms with Gasteiger partial charge >= 0.3 is 12.2 Å². The molecule has 0 aliphatic rings. The van der Waals surface area contributed by atoms with E-state index in [1.165, 1.54) is 11.0 Å². The van der Waals surface area contributed by atoms with Crippen LogP contribution < -0.4 is 5.32 Å². The lowest BCUT2D eigenvalue weighted by molar-refractivity contribution is 0.114. The Bertz CT molecular complexity index is 588. The van der Waals surface area contributed by atoms with E-state index in [1.807, 2.05) is 37.3 Å². The highest BCUT2D eigenvalue weighted by Gasteiger charge is 2.26. The Morgan fingerprint density at radius 1 is 1.24 bits per heavy atom. The van der Waals surface area contributed by atoms with Crippen LogP contribution in [0.1, 0.15) is 19.4 Å². The van der Waals surface area contributed by atoms with Crippen LogP contribution in [-0.4, -0.2) is 40.8 Å². The molecule has 6 nitrogen and oxygen atoms in total. The number of hydrogen-bond acceptors (Lipinski definition) is 3. The van der Waals surface area contributed by atoms with Gasteiger partial charge in [-0.3, -0.25) is 0 Å². The smallest absolute Gasteiger partial charge is 0.407 e. The third kappa shape index (κ3) is 6.71. The second-order valence-electron chi connectivity index (χ2n) is 5.82. The predicted octanol–water partition coefficient (Wildman–Crippen LogP) is 3.66. The summed E-state index contributed by atoms with van der Waals surface area (Å²) in [7, 11) is 0. The van der Waals surface area contributed by atoms with E-state index >= 15 is 0 Å². The molecule has 0 aliphatic carbocycles. The highest BCUT2D eigenvalue weighted by atomic mass is 16.5. The molecule has 2 N–H and O–H groups in total. The lowest BCUT2D eigenvalue weighted by Crippen LogP contribution is -2.50. The van der Waals surface area contributed by atoms with Gasteiger partial charge in [0.25, 0.3) is 0 Å². The predicted molar refractivity (Wildman–Crippen MR) is 97.3 cm³/mol. The van der Waals surface area contributed by atoms with Gasteiger partial charge in [0, 0.05) is 6.54 Å². The number of benzene rings is 1. The number of carboxylic acid groups (broad SMARTS) is 1. The standard InChI is InChI=1S/C19H26N2O4/c1-5-14(3)17(12-21(19(23)24)15(4)6-2)20-18(22)25-13-16-10-8-7-9-11-16/h5-11,14-15,17H,1-2,12-13H2,3-4H3,(H,20,22)(H,23,24). The zero-order valence-corrected chi connectivity index (χ0v) is 14.7. The van der Waals surface area contributed by atoms with E-state index in [0.29, 0.717) is 0 Å². The summed E-state index contributed by atoms with van der Waals surface area (Å²) in [6.45, 7) is 11.2. The van der Waals surface area contributed by atoms with Gasteiger partial charge in [0.2, 0.25) is 0 Å². The molecule has 2 amide bonds. The number of hydrogen-bond donors (Lipinski definition) is 2. The van der Waals surface area contributed by atoms with Crippen molar-refractivity contribution in [1.29, 1.82) is 0 Å². The first-order valence-electron chi connectivity index (χ1n) is 8.11. The van der Waals surface area contributed by atoms with E-state index < -0.39 is 18.2 Å². The Morgan fingerprint density at radius 2 is 1.88 bits per heavy atom. The largest absolute Gasteiger partial charge is 0.465 e. The minimum atomic E-state index is -1.08. The van der Waals surface area contributed by atoms with E-state index in [2.05, 4.69) is 18.5 Å². The fourth-order valence-electron chi connectivity index (χ4n) is 2.18. The second-order valence-corrected chi connectivity index (χ2v) is 5.82. The number of rotatable bonds is 9. The van der Waals surface area contributed by atoms with Crippen molar-refractivity contribution < 1.29 is 19.4 Å². The maximum atomic E-state index is 12.1. The van der Waals surface area contributed by atoms with Gasteiger partial charge in [-0.1, -0.05) is 49.4 Å². The zero-order chi connectivity index (χ0) is 18.8. The average molecular weight is 346 g/mol. The molecule has 3 atom stereocenters. The van der Waals surface area contributed by atoms with Crippen LogP contribution >= 0.6 is 0 Å². The molecule has 25 heavy (non-hydrogen) atoms. The van der Waals surface area contributed by atoms with Crippen LogP contribution in [0.15, 0.2) is 55.6 Å². The Morgan fingerprint density at radius 3 is 2.40 bits per heavy atom. The van der Waals surface area contributed by atoms with Crippen molar-refractivity contribution in [2.75, 3.05) is 6.54 Å². The molecule has 0 bridgehead atoms. The van der Waals surface area contributed by atoms with E-state index in [0.717, 1.165) is 5.56 Å². The molecule has 0 fully saturated rings. The van der Waals surface area contributed by atoms with Gasteiger partial charge < -0.3 is 20.1 Å². The first kappa shape index (κ1) is 20.3. The molecule has 1 rings (SSSR count). The normalized spacial score (nSPS) is 13.8. The number of carbonyl (C=O) groups is 2. The van der Waals surface area contributed by atoms with Gasteiger partial charge in [-0.2, -0.15) is 0 Å². The Hall–Kier alpha value is -2.76. The quantitative estimate of drug-likeness (QED) is 0.669. The fraction of sp³-hybridized carbons (Fsp3) is 0.368. The molecule has 1 aromatic carbocycles. The molecule has 1 aromatic rings. The van der Waals surface area contributed by atoms with Gasteiger partial charge in [-0.25, -0.2) is 9.59 Å². The third-order valence-corrected chi connectivity index (χ3v) is 3.99. The molecule has 0 aliphatic heterocycles. The van der Waals surface area contributed by atoms with Crippen LogP contribution in [0.4, 0.5) is 9.59 Å². The summed E-state index contributed by atoms with van der Waals surface area (Å²) in [6.07, 6.45) is 1.53. The van der Waals surface area contributed by atoms with Crippen LogP contribution in [-0.2, 0) is 11.3 Å². The molecule has 0 radical (unpaired) electrons. The molecule has 136 valence electrons. The maximum Gasteiger partial charge on any atom is 0.407 e. The van der Waals surface area contributed by atoms with Crippen LogP contribution in [0, 0.1) is 5.92 Å². The third-order valence-electron chi connectivity index (χ3n) is 3.99. The molecule has 0 heterocycles. The molecular weight excluding hydrogens is 320 g/mol. The number of nitrogens with one attached hydrogen (secondary N) is 1. The highest BCUT2D eigenvalue weighted by molar-refractivity contribution is 5.68. The topological polar surface area (TPSA) is 78.9 Å². The number of amides is 2. The molecule has 0 spiro atoms. The molecule has 3 unspecified atom stereocenters. The number of ether oxygens (including phenoxy) is 1. The molecule has 6 heteroatoms. The SMILES string of the molecule is C=CC(C)C(CN(C(=O)O)C(C)C=C)NC(=O)OCc1ccccc1. The van der Waals surface area contributed by atoms with Crippen molar-refractivity contribution in [3.05, 3.63) is 61.2 Å². The lowest BCUT2D eigenvalue weighted by Gasteiger charge is -2.31. The van der Waals surface area contributed by atoms with E-state index in [1.54, 1.807) is 13.0 Å². The van der Waals surface area contributed by atoms with Crippen molar-refractivity contribution in [3.63, 3.8) is 0 Å². The van der Waals surface area contributed by atoms with Crippen molar-refractivity contribution in [1.82, 2.24) is 10.2 Å². The van der Waals surface area contributed by atoms with Crippen LogP contribution in [0.5, 0.6) is 0 Å². The maximum absolute atomic E-state index is 12.1. The molecular formula is C19H26N2O4. The first-order chi connectivity index (χ1) is 11.9. The van der Waals surface area contributed by atoms with Gasteiger partial charge in [-0.15, -0.1) is 13.2 Å². The number of carbonyl (C=O) groups excluding carboxylic acids is 1.